The number of aromatic amines is 1. The van der Waals surface area contributed by atoms with Crippen LogP contribution in [0.5, 0.6) is 0 Å². The maximum atomic E-state index is 13.1. The quantitative estimate of drug-likeness (QED) is 0.858. The van der Waals surface area contributed by atoms with E-state index in [9.17, 15) is 9.18 Å². The first-order valence-electron chi connectivity index (χ1n) is 7.76. The van der Waals surface area contributed by atoms with Crippen molar-refractivity contribution < 1.29 is 14.0 Å². The van der Waals surface area contributed by atoms with Gasteiger partial charge in [-0.25, -0.2) is 9.37 Å². The Balaban J connectivity index is 1.45. The minimum Gasteiger partial charge on any atom is -0.390 e. The van der Waals surface area contributed by atoms with Crippen molar-refractivity contribution in [3.63, 3.8) is 0 Å². The van der Waals surface area contributed by atoms with Gasteiger partial charge < -0.3 is 15.1 Å². The third-order valence-corrected chi connectivity index (χ3v) is 3.81. The Morgan fingerprint density at radius 3 is 3.17 bits per heavy atom. The molecule has 2 heterocycles. The number of aryl methyl sites for hydroxylation is 1. The number of hydrogen-bond donors (Lipinski definition) is 2. The third kappa shape index (κ3) is 3.85. The molecular formula is C16H19FN4O2. The molecule has 6 nitrogen and oxygen atoms in total. The van der Waals surface area contributed by atoms with Crippen molar-refractivity contribution in [1.82, 2.24) is 15.3 Å². The number of nitrogens with one attached hydrogen (secondary N) is 2. The highest BCUT2D eigenvalue weighted by atomic mass is 19.1. The summed E-state index contributed by atoms with van der Waals surface area (Å²) >= 11 is 0. The highest BCUT2D eigenvalue weighted by Crippen LogP contribution is 2.14. The first-order chi connectivity index (χ1) is 11.1. The smallest absolute Gasteiger partial charge is 0.220 e. The van der Waals surface area contributed by atoms with Gasteiger partial charge in [0, 0.05) is 19.3 Å². The third-order valence-electron chi connectivity index (χ3n) is 3.81. The Bertz CT molecular complexity index is 741. The van der Waals surface area contributed by atoms with Crippen molar-refractivity contribution in [2.75, 3.05) is 6.54 Å². The molecule has 1 aliphatic heterocycles. The van der Waals surface area contributed by atoms with Gasteiger partial charge >= 0.3 is 0 Å². The number of nitrogens with zero attached hydrogens (tertiary/aromatic N) is 2. The van der Waals surface area contributed by atoms with E-state index in [-0.39, 0.29) is 17.8 Å². The minimum absolute atomic E-state index is 0.0646. The van der Waals surface area contributed by atoms with Crippen LogP contribution in [-0.2, 0) is 16.1 Å². The summed E-state index contributed by atoms with van der Waals surface area (Å²) in [6, 6.07) is 4.38. The zero-order valence-corrected chi connectivity index (χ0v) is 12.9. The zero-order valence-electron chi connectivity index (χ0n) is 12.9. The van der Waals surface area contributed by atoms with Crippen molar-refractivity contribution >= 4 is 22.7 Å². The van der Waals surface area contributed by atoms with Crippen LogP contribution in [0.1, 0.15) is 32.0 Å². The van der Waals surface area contributed by atoms with Gasteiger partial charge in [0.2, 0.25) is 5.91 Å². The van der Waals surface area contributed by atoms with Gasteiger partial charge in [0.15, 0.2) is 0 Å². The predicted molar refractivity (Wildman–Crippen MR) is 84.6 cm³/mol. The molecule has 7 heteroatoms. The van der Waals surface area contributed by atoms with E-state index in [0.29, 0.717) is 36.2 Å². The molecule has 0 saturated carbocycles. The van der Waals surface area contributed by atoms with E-state index >= 15 is 0 Å². The van der Waals surface area contributed by atoms with Crippen LogP contribution in [0.3, 0.4) is 0 Å². The standard InChI is InChI=1S/C16H19FN4O2/c1-2-11-8-12(23-21-11)9-18-16(22)6-5-15-19-13-4-3-10(17)7-14(13)20-15/h3-4,7,12H,2,5-6,8-9H2,1H3,(H,18,22)(H,19,20)/t12-/m0/s1. The monoisotopic (exact) mass is 318 g/mol. The Morgan fingerprint density at radius 2 is 2.39 bits per heavy atom. The van der Waals surface area contributed by atoms with E-state index < -0.39 is 0 Å². The van der Waals surface area contributed by atoms with Gasteiger partial charge in [0.25, 0.3) is 0 Å². The maximum Gasteiger partial charge on any atom is 0.220 e. The lowest BCUT2D eigenvalue weighted by atomic mass is 10.1. The number of rotatable bonds is 6. The lowest BCUT2D eigenvalue weighted by molar-refractivity contribution is -0.121. The molecule has 1 aromatic carbocycles. The molecule has 0 aliphatic carbocycles. The molecule has 1 aromatic heterocycles. The predicted octanol–water partition coefficient (Wildman–Crippen LogP) is 2.31. The lowest BCUT2D eigenvalue weighted by Crippen LogP contribution is -2.32. The summed E-state index contributed by atoms with van der Waals surface area (Å²) < 4.78 is 13.1. The fourth-order valence-corrected chi connectivity index (χ4v) is 2.51. The van der Waals surface area contributed by atoms with Crippen molar-refractivity contribution in [3.8, 4) is 0 Å². The molecule has 0 radical (unpaired) electrons. The van der Waals surface area contributed by atoms with E-state index in [0.717, 1.165) is 18.6 Å². The van der Waals surface area contributed by atoms with Gasteiger partial charge in [0.1, 0.15) is 17.7 Å². The average Bonchev–Trinajstić information content (AvgIpc) is 3.16. The van der Waals surface area contributed by atoms with E-state index in [1.807, 2.05) is 6.92 Å². The van der Waals surface area contributed by atoms with Crippen molar-refractivity contribution in [3.05, 3.63) is 29.8 Å². The molecule has 1 amide bonds. The molecule has 0 saturated heterocycles. The molecule has 1 aliphatic rings. The molecular weight excluding hydrogens is 299 g/mol. The number of halogens is 1. The molecule has 2 aromatic rings. The highest BCUT2D eigenvalue weighted by Gasteiger charge is 2.20. The van der Waals surface area contributed by atoms with Crippen LogP contribution in [0.4, 0.5) is 4.39 Å². The van der Waals surface area contributed by atoms with Gasteiger partial charge in [0.05, 0.1) is 23.3 Å². The van der Waals surface area contributed by atoms with Crippen LogP contribution in [0, 0.1) is 5.82 Å². The molecule has 1 atom stereocenters. The molecule has 3 rings (SSSR count). The summed E-state index contributed by atoms with van der Waals surface area (Å²) in [5.41, 5.74) is 2.37. The second kappa shape index (κ2) is 6.76. The summed E-state index contributed by atoms with van der Waals surface area (Å²) in [5, 5.41) is 6.80. The van der Waals surface area contributed by atoms with Gasteiger partial charge in [-0.1, -0.05) is 12.1 Å². The summed E-state index contributed by atoms with van der Waals surface area (Å²) in [5.74, 6) is 0.301. The fourth-order valence-electron chi connectivity index (χ4n) is 2.51. The number of oxime groups is 1. The van der Waals surface area contributed by atoms with E-state index in [2.05, 4.69) is 20.4 Å². The van der Waals surface area contributed by atoms with Gasteiger partial charge in [-0.05, 0) is 24.6 Å². The normalized spacial score (nSPS) is 17.1. The molecule has 2 N–H and O–H groups in total. The number of H-pyrrole nitrogens is 1. The number of benzene rings is 1. The summed E-state index contributed by atoms with van der Waals surface area (Å²) in [6.45, 7) is 2.49. The van der Waals surface area contributed by atoms with Crippen LogP contribution in [-0.4, -0.2) is 34.2 Å². The Labute approximate surface area is 133 Å². The number of amides is 1. The molecule has 0 bridgehead atoms. The van der Waals surface area contributed by atoms with E-state index in [1.165, 1.54) is 12.1 Å². The number of aromatic nitrogens is 2. The van der Waals surface area contributed by atoms with Crippen LogP contribution in [0.2, 0.25) is 0 Å². The van der Waals surface area contributed by atoms with Crippen LogP contribution in [0.25, 0.3) is 11.0 Å². The molecule has 0 spiro atoms. The SMILES string of the molecule is CCC1=NO[C@H](CNC(=O)CCc2nc3ccc(F)cc3[nH]2)C1. The molecule has 122 valence electrons. The minimum atomic E-state index is -0.310. The van der Waals surface area contributed by atoms with Crippen molar-refractivity contribution in [2.24, 2.45) is 5.16 Å². The first-order valence-corrected chi connectivity index (χ1v) is 7.76. The largest absolute Gasteiger partial charge is 0.390 e. The topological polar surface area (TPSA) is 79.4 Å². The second-order valence-corrected chi connectivity index (χ2v) is 5.59. The van der Waals surface area contributed by atoms with Gasteiger partial charge in [-0.15, -0.1) is 0 Å². The van der Waals surface area contributed by atoms with Crippen molar-refractivity contribution in [1.29, 1.82) is 0 Å². The van der Waals surface area contributed by atoms with Crippen LogP contribution < -0.4 is 5.32 Å². The number of fused-ring (bicyclic) bond motifs is 1. The molecule has 23 heavy (non-hydrogen) atoms. The first kappa shape index (κ1) is 15.5. The van der Waals surface area contributed by atoms with Gasteiger partial charge in [-0.2, -0.15) is 0 Å². The molecule has 0 fully saturated rings. The maximum absolute atomic E-state index is 13.1. The number of carbonyl (C=O) groups excluding carboxylic acids is 1. The van der Waals surface area contributed by atoms with E-state index in [1.54, 1.807) is 6.07 Å². The second-order valence-electron chi connectivity index (χ2n) is 5.59. The summed E-state index contributed by atoms with van der Waals surface area (Å²) in [7, 11) is 0. The summed E-state index contributed by atoms with van der Waals surface area (Å²) in [6.07, 6.45) is 2.37. The van der Waals surface area contributed by atoms with E-state index in [4.69, 9.17) is 4.84 Å². The molecule has 0 unspecified atom stereocenters. The van der Waals surface area contributed by atoms with Crippen LogP contribution in [0.15, 0.2) is 23.4 Å². The lowest BCUT2D eigenvalue weighted by Gasteiger charge is -2.09. The highest BCUT2D eigenvalue weighted by molar-refractivity contribution is 5.85. The fraction of sp³-hybridized carbons (Fsp3) is 0.438. The Hall–Kier alpha value is -2.44. The summed E-state index contributed by atoms with van der Waals surface area (Å²) in [4.78, 5) is 24.5. The van der Waals surface area contributed by atoms with Gasteiger partial charge in [-0.3, -0.25) is 4.79 Å². The number of carbonyl (C=O) groups is 1. The number of hydrogen-bond acceptors (Lipinski definition) is 4. The Kier molecular flexibility index (Phi) is 4.55. The Morgan fingerprint density at radius 1 is 1.52 bits per heavy atom. The average molecular weight is 318 g/mol. The van der Waals surface area contributed by atoms with Crippen LogP contribution >= 0.6 is 0 Å². The zero-order chi connectivity index (χ0) is 16.2. The number of imidazole rings is 1. The van der Waals surface area contributed by atoms with Crippen molar-refractivity contribution in [2.45, 2.75) is 38.7 Å².